The number of carbonyl (C=O) groups excluding carboxylic acids is 4. The quantitative estimate of drug-likeness (QED) is 0.440. The van der Waals surface area contributed by atoms with Crippen molar-refractivity contribution < 1.29 is 23.9 Å². The number of amides is 4. The standard InChI is InChI=1S/C27H37N5O5/c1-18(2)14-22(25(34)30-21(16-28)15-20-10-6-12-29-24(20)33)31-26(35)23-11-7-13-32(23)27(36)37-17-19-8-4-3-5-9-19/h3-5,8-9,18,20-23H,6-7,10-15,17H2,1-2H3,(H,29,33)(H,30,34)(H,31,35)/t20-,21-,22-,23?/m0/s1. The number of nitrogens with one attached hydrogen (secondary N) is 3. The van der Waals surface area contributed by atoms with Gasteiger partial charge >= 0.3 is 6.09 Å². The van der Waals surface area contributed by atoms with E-state index < -0.39 is 36.0 Å². The summed E-state index contributed by atoms with van der Waals surface area (Å²) in [5.41, 5.74) is 0.850. The zero-order valence-electron chi connectivity index (χ0n) is 21.6. The normalized spacial score (nSPS) is 20.9. The predicted molar refractivity (Wildman–Crippen MR) is 136 cm³/mol. The maximum Gasteiger partial charge on any atom is 0.410 e. The number of carbonyl (C=O) groups is 4. The third-order valence-corrected chi connectivity index (χ3v) is 6.73. The molecule has 2 aliphatic heterocycles. The third-order valence-electron chi connectivity index (χ3n) is 6.73. The van der Waals surface area contributed by atoms with Crippen LogP contribution >= 0.6 is 0 Å². The second kappa shape index (κ2) is 13.6. The van der Waals surface area contributed by atoms with Gasteiger partial charge < -0.3 is 20.7 Å². The lowest BCUT2D eigenvalue weighted by atomic mass is 9.91. The zero-order valence-corrected chi connectivity index (χ0v) is 21.6. The van der Waals surface area contributed by atoms with Crippen molar-refractivity contribution in [1.29, 1.82) is 5.26 Å². The van der Waals surface area contributed by atoms with Crippen molar-refractivity contribution in [2.75, 3.05) is 13.1 Å². The Morgan fingerprint density at radius 3 is 2.59 bits per heavy atom. The van der Waals surface area contributed by atoms with Gasteiger partial charge in [-0.2, -0.15) is 5.26 Å². The Labute approximate surface area is 218 Å². The van der Waals surface area contributed by atoms with Crippen LogP contribution < -0.4 is 16.0 Å². The lowest BCUT2D eigenvalue weighted by molar-refractivity contribution is -0.132. The maximum absolute atomic E-state index is 13.2. The number of hydrogen-bond acceptors (Lipinski definition) is 6. The minimum absolute atomic E-state index is 0.0937. The highest BCUT2D eigenvalue weighted by molar-refractivity contribution is 5.91. The molecule has 200 valence electrons. The van der Waals surface area contributed by atoms with Gasteiger partial charge in [-0.05, 0) is 50.0 Å². The van der Waals surface area contributed by atoms with Gasteiger partial charge in [0.2, 0.25) is 17.7 Å². The Hall–Kier alpha value is -3.61. The van der Waals surface area contributed by atoms with Crippen LogP contribution in [-0.2, 0) is 25.7 Å². The van der Waals surface area contributed by atoms with Gasteiger partial charge in [0.05, 0.1) is 6.07 Å². The maximum atomic E-state index is 13.2. The molecule has 0 aromatic heterocycles. The first-order valence-corrected chi connectivity index (χ1v) is 13.0. The van der Waals surface area contributed by atoms with Crippen LogP contribution in [0.4, 0.5) is 4.79 Å². The first-order chi connectivity index (χ1) is 17.8. The Balaban J connectivity index is 1.59. The first-order valence-electron chi connectivity index (χ1n) is 13.0. The molecule has 1 unspecified atom stereocenters. The number of ether oxygens (including phenoxy) is 1. The van der Waals surface area contributed by atoms with Crippen LogP contribution in [0.25, 0.3) is 0 Å². The van der Waals surface area contributed by atoms with E-state index in [1.54, 1.807) is 0 Å². The van der Waals surface area contributed by atoms with Gasteiger partial charge in [-0.3, -0.25) is 19.3 Å². The molecule has 10 nitrogen and oxygen atoms in total. The van der Waals surface area contributed by atoms with E-state index in [-0.39, 0.29) is 30.8 Å². The number of benzene rings is 1. The molecule has 4 atom stereocenters. The average molecular weight is 512 g/mol. The fourth-order valence-electron chi connectivity index (χ4n) is 4.79. The molecule has 37 heavy (non-hydrogen) atoms. The van der Waals surface area contributed by atoms with Crippen LogP contribution in [0, 0.1) is 23.2 Å². The molecular weight excluding hydrogens is 474 g/mol. The Morgan fingerprint density at radius 1 is 1.16 bits per heavy atom. The highest BCUT2D eigenvalue weighted by Gasteiger charge is 2.37. The van der Waals surface area contributed by atoms with E-state index in [2.05, 4.69) is 22.0 Å². The number of nitriles is 1. The Morgan fingerprint density at radius 2 is 1.92 bits per heavy atom. The number of likely N-dealkylation sites (tertiary alicyclic amines) is 1. The lowest BCUT2D eigenvalue weighted by Gasteiger charge is -2.28. The average Bonchev–Trinajstić information content (AvgIpc) is 3.38. The molecule has 3 rings (SSSR count). The summed E-state index contributed by atoms with van der Waals surface area (Å²) in [7, 11) is 0. The number of piperidine rings is 1. The topological polar surface area (TPSA) is 141 Å². The van der Waals surface area contributed by atoms with E-state index >= 15 is 0 Å². The Kier molecular flexibility index (Phi) is 10.3. The molecule has 0 spiro atoms. The number of rotatable bonds is 10. The fraction of sp³-hybridized carbons (Fsp3) is 0.593. The third kappa shape index (κ3) is 8.20. The predicted octanol–water partition coefficient (Wildman–Crippen LogP) is 2.24. The Bertz CT molecular complexity index is 993. The summed E-state index contributed by atoms with van der Waals surface area (Å²) in [6.45, 7) is 5.00. The smallest absolute Gasteiger partial charge is 0.410 e. The minimum atomic E-state index is -0.869. The second-order valence-corrected chi connectivity index (χ2v) is 10.1. The van der Waals surface area contributed by atoms with Crippen molar-refractivity contribution in [3.63, 3.8) is 0 Å². The monoisotopic (exact) mass is 511 g/mol. The van der Waals surface area contributed by atoms with Crippen molar-refractivity contribution in [3.05, 3.63) is 35.9 Å². The van der Waals surface area contributed by atoms with Crippen LogP contribution in [0.3, 0.4) is 0 Å². The summed E-state index contributed by atoms with van der Waals surface area (Å²) in [5, 5.41) is 17.9. The summed E-state index contributed by atoms with van der Waals surface area (Å²) >= 11 is 0. The van der Waals surface area contributed by atoms with Gasteiger partial charge in [0.15, 0.2) is 0 Å². The molecule has 0 radical (unpaired) electrons. The minimum Gasteiger partial charge on any atom is -0.445 e. The first kappa shape index (κ1) is 28.0. The highest BCUT2D eigenvalue weighted by atomic mass is 16.6. The van der Waals surface area contributed by atoms with Gasteiger partial charge in [0.25, 0.3) is 0 Å². The molecule has 1 aromatic carbocycles. The SMILES string of the molecule is CC(C)C[C@H](NC(=O)C1CCCN1C(=O)OCc1ccccc1)C(=O)N[C@H](C#N)C[C@@H]1CCCNC1=O. The van der Waals surface area contributed by atoms with Crippen LogP contribution in [0.1, 0.15) is 57.9 Å². The van der Waals surface area contributed by atoms with Gasteiger partial charge in [0.1, 0.15) is 24.7 Å². The molecule has 0 saturated carbocycles. The summed E-state index contributed by atoms with van der Waals surface area (Å²) < 4.78 is 5.42. The molecule has 4 amide bonds. The zero-order chi connectivity index (χ0) is 26.8. The van der Waals surface area contributed by atoms with E-state index in [0.717, 1.165) is 12.0 Å². The summed E-state index contributed by atoms with van der Waals surface area (Å²) in [6, 6.07) is 8.92. The molecule has 2 saturated heterocycles. The summed E-state index contributed by atoms with van der Waals surface area (Å²) in [4.78, 5) is 52.5. The molecule has 0 bridgehead atoms. The molecule has 2 fully saturated rings. The van der Waals surface area contributed by atoms with E-state index in [1.165, 1.54) is 4.90 Å². The van der Waals surface area contributed by atoms with Crippen molar-refractivity contribution in [2.24, 2.45) is 11.8 Å². The molecule has 1 aromatic rings. The van der Waals surface area contributed by atoms with Gasteiger partial charge in [-0.25, -0.2) is 4.79 Å². The van der Waals surface area contributed by atoms with Crippen molar-refractivity contribution in [3.8, 4) is 6.07 Å². The van der Waals surface area contributed by atoms with Crippen LogP contribution in [0.5, 0.6) is 0 Å². The molecule has 0 aliphatic carbocycles. The molecule has 10 heteroatoms. The van der Waals surface area contributed by atoms with Crippen LogP contribution in [0.2, 0.25) is 0 Å². The van der Waals surface area contributed by atoms with E-state index in [9.17, 15) is 24.4 Å². The number of nitrogens with zero attached hydrogens (tertiary/aromatic N) is 2. The van der Waals surface area contributed by atoms with E-state index in [0.29, 0.717) is 38.8 Å². The lowest BCUT2D eigenvalue weighted by Crippen LogP contribution is -2.55. The molecule has 2 aliphatic rings. The van der Waals surface area contributed by atoms with Crippen molar-refractivity contribution >= 4 is 23.8 Å². The molecule has 3 N–H and O–H groups in total. The largest absolute Gasteiger partial charge is 0.445 e. The van der Waals surface area contributed by atoms with Crippen molar-refractivity contribution in [1.82, 2.24) is 20.9 Å². The van der Waals surface area contributed by atoms with Gasteiger partial charge in [0, 0.05) is 19.0 Å². The highest BCUT2D eigenvalue weighted by Crippen LogP contribution is 2.21. The summed E-state index contributed by atoms with van der Waals surface area (Å²) in [5.74, 6) is -1.23. The van der Waals surface area contributed by atoms with Crippen LogP contribution in [0.15, 0.2) is 30.3 Å². The van der Waals surface area contributed by atoms with E-state index in [4.69, 9.17) is 4.74 Å². The summed E-state index contributed by atoms with van der Waals surface area (Å²) in [6.07, 6.45) is 2.65. The fourth-order valence-corrected chi connectivity index (χ4v) is 4.79. The molecular formula is C27H37N5O5. The van der Waals surface area contributed by atoms with Gasteiger partial charge in [-0.1, -0.05) is 44.2 Å². The van der Waals surface area contributed by atoms with Crippen LogP contribution in [-0.4, -0.2) is 59.9 Å². The van der Waals surface area contributed by atoms with Crippen molar-refractivity contribution in [2.45, 2.75) is 77.1 Å². The van der Waals surface area contributed by atoms with E-state index in [1.807, 2.05) is 44.2 Å². The second-order valence-electron chi connectivity index (χ2n) is 10.1. The molecule has 2 heterocycles. The number of hydrogen-bond donors (Lipinski definition) is 3. The van der Waals surface area contributed by atoms with Gasteiger partial charge in [-0.15, -0.1) is 0 Å².